The number of carbonyl (C=O) groups excluding carboxylic acids is 1. The Morgan fingerprint density at radius 1 is 1.14 bits per heavy atom. The van der Waals surface area contributed by atoms with E-state index in [9.17, 15) is 4.79 Å². The molecule has 1 fully saturated rings. The zero-order chi connectivity index (χ0) is 14.5. The molecule has 2 aromatic rings. The fourth-order valence-corrected chi connectivity index (χ4v) is 2.27. The predicted octanol–water partition coefficient (Wildman–Crippen LogP) is 1.27. The number of amides is 1. The minimum atomic E-state index is 0.0640. The molecule has 2 N–H and O–H groups in total. The average Bonchev–Trinajstić information content (AvgIpc) is 2.56. The van der Waals surface area contributed by atoms with Gasteiger partial charge in [0.25, 0.3) is 5.91 Å². The molecule has 1 amide bonds. The maximum atomic E-state index is 12.4. The van der Waals surface area contributed by atoms with Gasteiger partial charge in [-0.15, -0.1) is 0 Å². The summed E-state index contributed by atoms with van der Waals surface area (Å²) in [6.45, 7) is 3.19. The third-order valence-corrected chi connectivity index (χ3v) is 3.34. The van der Waals surface area contributed by atoms with Crippen molar-refractivity contribution >= 4 is 17.5 Å². The van der Waals surface area contributed by atoms with Gasteiger partial charge in [-0.25, -0.2) is 9.97 Å². The number of anilines is 2. The normalized spacial score (nSPS) is 14.8. The molecular formula is C15H17N5O. The van der Waals surface area contributed by atoms with E-state index in [1.54, 1.807) is 18.5 Å². The summed E-state index contributed by atoms with van der Waals surface area (Å²) in [5, 5.41) is 6.34. The van der Waals surface area contributed by atoms with E-state index in [0.717, 1.165) is 31.9 Å². The standard InChI is InChI=1S/C15H17N5O/c21-14(20-9-7-16-8-10-20)12-3-1-4-13(11-12)19-15-17-5-2-6-18-15/h1-6,11,16H,7-10H2,(H,17,18,19). The molecule has 0 radical (unpaired) electrons. The molecule has 1 aromatic heterocycles. The number of nitrogens with zero attached hydrogens (tertiary/aromatic N) is 3. The van der Waals surface area contributed by atoms with Crippen LogP contribution in [0.15, 0.2) is 42.7 Å². The zero-order valence-corrected chi connectivity index (χ0v) is 11.6. The van der Waals surface area contributed by atoms with Crippen LogP contribution in [0.1, 0.15) is 10.4 Å². The fourth-order valence-electron chi connectivity index (χ4n) is 2.27. The van der Waals surface area contributed by atoms with Crippen LogP contribution in [0.2, 0.25) is 0 Å². The Kier molecular flexibility index (Phi) is 4.07. The zero-order valence-electron chi connectivity index (χ0n) is 11.6. The minimum Gasteiger partial charge on any atom is -0.336 e. The SMILES string of the molecule is O=C(c1cccc(Nc2ncccn2)c1)N1CCNCC1. The van der Waals surface area contributed by atoms with E-state index < -0.39 is 0 Å². The van der Waals surface area contributed by atoms with E-state index in [2.05, 4.69) is 20.6 Å². The van der Waals surface area contributed by atoms with Gasteiger partial charge in [0, 0.05) is 49.8 Å². The van der Waals surface area contributed by atoms with Gasteiger partial charge in [0.05, 0.1) is 0 Å². The molecule has 6 nitrogen and oxygen atoms in total. The highest BCUT2D eigenvalue weighted by molar-refractivity contribution is 5.95. The summed E-state index contributed by atoms with van der Waals surface area (Å²) in [4.78, 5) is 22.5. The molecule has 1 aliphatic heterocycles. The first-order chi connectivity index (χ1) is 10.3. The molecule has 2 heterocycles. The Morgan fingerprint density at radius 2 is 1.90 bits per heavy atom. The Hall–Kier alpha value is -2.47. The summed E-state index contributed by atoms with van der Waals surface area (Å²) in [6, 6.07) is 9.18. The van der Waals surface area contributed by atoms with Crippen LogP contribution in [0.25, 0.3) is 0 Å². The van der Waals surface area contributed by atoms with E-state index in [-0.39, 0.29) is 5.91 Å². The maximum Gasteiger partial charge on any atom is 0.254 e. The topological polar surface area (TPSA) is 70.2 Å². The minimum absolute atomic E-state index is 0.0640. The van der Waals surface area contributed by atoms with Crippen molar-refractivity contribution in [1.82, 2.24) is 20.2 Å². The molecule has 1 saturated heterocycles. The lowest BCUT2D eigenvalue weighted by Crippen LogP contribution is -2.46. The number of benzene rings is 1. The molecule has 0 bridgehead atoms. The van der Waals surface area contributed by atoms with E-state index >= 15 is 0 Å². The number of hydrogen-bond donors (Lipinski definition) is 2. The highest BCUT2D eigenvalue weighted by atomic mass is 16.2. The Morgan fingerprint density at radius 3 is 2.67 bits per heavy atom. The summed E-state index contributed by atoms with van der Waals surface area (Å²) in [7, 11) is 0. The molecule has 0 unspecified atom stereocenters. The second kappa shape index (κ2) is 6.32. The van der Waals surface area contributed by atoms with Crippen molar-refractivity contribution in [2.24, 2.45) is 0 Å². The van der Waals surface area contributed by atoms with Gasteiger partial charge in [0.1, 0.15) is 0 Å². The van der Waals surface area contributed by atoms with Crippen LogP contribution in [0, 0.1) is 0 Å². The van der Waals surface area contributed by atoms with Gasteiger partial charge in [0.2, 0.25) is 5.95 Å². The van der Waals surface area contributed by atoms with E-state index in [0.29, 0.717) is 11.5 Å². The molecule has 1 aromatic carbocycles. The van der Waals surface area contributed by atoms with Crippen molar-refractivity contribution in [3.8, 4) is 0 Å². The number of carbonyl (C=O) groups is 1. The lowest BCUT2D eigenvalue weighted by Gasteiger charge is -2.27. The Bertz CT molecular complexity index is 610. The van der Waals surface area contributed by atoms with E-state index in [1.165, 1.54) is 0 Å². The van der Waals surface area contributed by atoms with Crippen LogP contribution in [-0.4, -0.2) is 47.0 Å². The van der Waals surface area contributed by atoms with Gasteiger partial charge < -0.3 is 15.5 Å². The van der Waals surface area contributed by atoms with Gasteiger partial charge in [0.15, 0.2) is 0 Å². The van der Waals surface area contributed by atoms with Gasteiger partial charge in [-0.1, -0.05) is 6.07 Å². The van der Waals surface area contributed by atoms with Crippen molar-refractivity contribution in [3.05, 3.63) is 48.3 Å². The fraction of sp³-hybridized carbons (Fsp3) is 0.267. The van der Waals surface area contributed by atoms with Gasteiger partial charge in [-0.2, -0.15) is 0 Å². The average molecular weight is 283 g/mol. The van der Waals surface area contributed by atoms with Gasteiger partial charge in [-0.05, 0) is 24.3 Å². The number of aromatic nitrogens is 2. The number of nitrogens with one attached hydrogen (secondary N) is 2. The monoisotopic (exact) mass is 283 g/mol. The quantitative estimate of drug-likeness (QED) is 0.887. The lowest BCUT2D eigenvalue weighted by molar-refractivity contribution is 0.0736. The summed E-state index contributed by atoms with van der Waals surface area (Å²) in [6.07, 6.45) is 3.34. The van der Waals surface area contributed by atoms with Crippen molar-refractivity contribution < 1.29 is 4.79 Å². The first kappa shape index (κ1) is 13.5. The van der Waals surface area contributed by atoms with Crippen LogP contribution in [0.4, 0.5) is 11.6 Å². The highest BCUT2D eigenvalue weighted by Gasteiger charge is 2.17. The molecule has 3 rings (SSSR count). The molecule has 0 atom stereocenters. The summed E-state index contributed by atoms with van der Waals surface area (Å²) < 4.78 is 0. The second-order valence-corrected chi connectivity index (χ2v) is 4.82. The van der Waals surface area contributed by atoms with Crippen molar-refractivity contribution in [3.63, 3.8) is 0 Å². The molecule has 0 aliphatic carbocycles. The predicted molar refractivity (Wildman–Crippen MR) is 80.5 cm³/mol. The van der Waals surface area contributed by atoms with Crippen LogP contribution >= 0.6 is 0 Å². The Labute approximate surface area is 123 Å². The molecule has 0 saturated carbocycles. The molecule has 1 aliphatic rings. The van der Waals surface area contributed by atoms with Crippen LogP contribution < -0.4 is 10.6 Å². The smallest absolute Gasteiger partial charge is 0.254 e. The summed E-state index contributed by atoms with van der Waals surface area (Å²) in [5.41, 5.74) is 1.49. The third-order valence-electron chi connectivity index (χ3n) is 3.34. The van der Waals surface area contributed by atoms with Crippen LogP contribution in [0.3, 0.4) is 0 Å². The van der Waals surface area contributed by atoms with E-state index in [1.807, 2.05) is 29.2 Å². The highest BCUT2D eigenvalue weighted by Crippen LogP contribution is 2.16. The van der Waals surface area contributed by atoms with Crippen LogP contribution in [0.5, 0.6) is 0 Å². The number of hydrogen-bond acceptors (Lipinski definition) is 5. The lowest BCUT2D eigenvalue weighted by atomic mass is 10.1. The number of piperazine rings is 1. The Balaban J connectivity index is 1.75. The molecular weight excluding hydrogens is 266 g/mol. The van der Waals surface area contributed by atoms with Crippen molar-refractivity contribution in [1.29, 1.82) is 0 Å². The van der Waals surface area contributed by atoms with Gasteiger partial charge >= 0.3 is 0 Å². The summed E-state index contributed by atoms with van der Waals surface area (Å²) in [5.74, 6) is 0.582. The van der Waals surface area contributed by atoms with Crippen molar-refractivity contribution in [2.75, 3.05) is 31.5 Å². The second-order valence-electron chi connectivity index (χ2n) is 4.82. The third kappa shape index (κ3) is 3.35. The summed E-state index contributed by atoms with van der Waals surface area (Å²) >= 11 is 0. The van der Waals surface area contributed by atoms with Crippen molar-refractivity contribution in [2.45, 2.75) is 0 Å². The van der Waals surface area contributed by atoms with Gasteiger partial charge in [-0.3, -0.25) is 4.79 Å². The van der Waals surface area contributed by atoms with Crippen LogP contribution in [-0.2, 0) is 0 Å². The van der Waals surface area contributed by atoms with E-state index in [4.69, 9.17) is 0 Å². The molecule has 6 heteroatoms. The first-order valence-corrected chi connectivity index (χ1v) is 6.97. The maximum absolute atomic E-state index is 12.4. The number of rotatable bonds is 3. The first-order valence-electron chi connectivity index (χ1n) is 6.97. The molecule has 0 spiro atoms. The largest absolute Gasteiger partial charge is 0.336 e. The molecule has 108 valence electrons. The molecule has 21 heavy (non-hydrogen) atoms.